The molecule has 0 unspecified atom stereocenters. The van der Waals surface area contributed by atoms with Crippen molar-refractivity contribution < 1.29 is 9.53 Å². The van der Waals surface area contributed by atoms with Crippen LogP contribution in [0, 0.1) is 11.3 Å². The second-order valence-corrected chi connectivity index (χ2v) is 5.46. The van der Waals surface area contributed by atoms with Crippen LogP contribution in [-0.4, -0.2) is 12.6 Å². The Morgan fingerprint density at radius 2 is 1.80 bits per heavy atom. The van der Waals surface area contributed by atoms with Crippen LogP contribution in [0.3, 0.4) is 0 Å². The highest BCUT2D eigenvalue weighted by molar-refractivity contribution is 5.65. The van der Waals surface area contributed by atoms with Crippen LogP contribution in [0.25, 0.3) is 0 Å². The normalized spacial score (nSPS) is 13.7. The molecule has 1 atom stereocenters. The summed E-state index contributed by atoms with van der Waals surface area (Å²) in [5.41, 5.74) is 0.413. The van der Waals surface area contributed by atoms with Crippen molar-refractivity contribution in [2.45, 2.75) is 60.3 Å². The second-order valence-electron chi connectivity index (χ2n) is 5.46. The van der Waals surface area contributed by atoms with Crippen LogP contribution >= 0.6 is 0 Å². The largest absolute Gasteiger partial charge is 0.466 e. The summed E-state index contributed by atoms with van der Waals surface area (Å²) in [6.45, 7) is 11.2. The molecule has 2 nitrogen and oxygen atoms in total. The third kappa shape index (κ3) is 8.46. The fraction of sp³-hybridized carbons (Fsp3) is 0.923. The zero-order chi connectivity index (χ0) is 11.9. The molecule has 15 heavy (non-hydrogen) atoms. The third-order valence-electron chi connectivity index (χ3n) is 3.07. The van der Waals surface area contributed by atoms with Gasteiger partial charge in [0.25, 0.3) is 0 Å². The Morgan fingerprint density at radius 3 is 2.27 bits per heavy atom. The van der Waals surface area contributed by atoms with Gasteiger partial charge < -0.3 is 4.74 Å². The van der Waals surface area contributed by atoms with Crippen LogP contribution < -0.4 is 0 Å². The van der Waals surface area contributed by atoms with E-state index in [0.717, 1.165) is 18.8 Å². The lowest BCUT2D eigenvalue weighted by Gasteiger charge is -2.27. The van der Waals surface area contributed by atoms with Gasteiger partial charge in [-0.25, -0.2) is 0 Å². The molecule has 0 aliphatic heterocycles. The summed E-state index contributed by atoms with van der Waals surface area (Å²) >= 11 is 0. The number of hydrogen-bond donors (Lipinski definition) is 0. The Balaban J connectivity index is 3.35. The van der Waals surface area contributed by atoms with Crippen molar-refractivity contribution in [3.8, 4) is 0 Å². The first-order valence-electron chi connectivity index (χ1n) is 5.97. The maximum absolute atomic E-state index is 10.5. The van der Waals surface area contributed by atoms with Gasteiger partial charge in [-0.3, -0.25) is 4.79 Å². The molecule has 0 amide bonds. The lowest BCUT2D eigenvalue weighted by Crippen LogP contribution is -2.17. The average molecular weight is 214 g/mol. The van der Waals surface area contributed by atoms with Gasteiger partial charge in [0.1, 0.15) is 0 Å². The van der Waals surface area contributed by atoms with E-state index >= 15 is 0 Å². The van der Waals surface area contributed by atoms with Crippen molar-refractivity contribution in [3.05, 3.63) is 0 Å². The fourth-order valence-electron chi connectivity index (χ4n) is 1.38. The van der Waals surface area contributed by atoms with Crippen molar-refractivity contribution >= 4 is 5.97 Å². The summed E-state index contributed by atoms with van der Waals surface area (Å²) in [6, 6.07) is 0. The van der Waals surface area contributed by atoms with Crippen LogP contribution in [0.1, 0.15) is 60.3 Å². The molecule has 0 radical (unpaired) electrons. The molecule has 0 heterocycles. The molecule has 0 saturated heterocycles. The predicted octanol–water partition coefficient (Wildman–Crippen LogP) is 3.79. The number of carbonyl (C=O) groups is 1. The first-order chi connectivity index (χ1) is 6.84. The van der Waals surface area contributed by atoms with E-state index in [9.17, 15) is 4.79 Å². The van der Waals surface area contributed by atoms with Crippen LogP contribution in [0.2, 0.25) is 0 Å². The predicted molar refractivity (Wildman–Crippen MR) is 63.7 cm³/mol. The molecular weight excluding hydrogens is 188 g/mol. The van der Waals surface area contributed by atoms with E-state index in [2.05, 4.69) is 27.7 Å². The molecular formula is C13H26O2. The van der Waals surface area contributed by atoms with Crippen molar-refractivity contribution in [3.63, 3.8) is 0 Å². The fourth-order valence-corrected chi connectivity index (χ4v) is 1.38. The van der Waals surface area contributed by atoms with E-state index < -0.39 is 0 Å². The number of hydrogen-bond acceptors (Lipinski definition) is 2. The highest BCUT2D eigenvalue weighted by Crippen LogP contribution is 2.29. The van der Waals surface area contributed by atoms with E-state index in [1.165, 1.54) is 19.8 Å². The van der Waals surface area contributed by atoms with E-state index in [1.807, 2.05) is 0 Å². The van der Waals surface area contributed by atoms with Crippen molar-refractivity contribution in [2.75, 3.05) is 6.61 Å². The quantitative estimate of drug-likeness (QED) is 0.496. The molecule has 0 aromatic carbocycles. The van der Waals surface area contributed by atoms with E-state index in [-0.39, 0.29) is 5.97 Å². The second kappa shape index (κ2) is 6.86. The number of rotatable bonds is 6. The molecule has 0 aromatic heterocycles. The first-order valence-corrected chi connectivity index (χ1v) is 5.97. The summed E-state index contributed by atoms with van der Waals surface area (Å²) < 4.78 is 4.88. The molecule has 90 valence electrons. The minimum absolute atomic E-state index is 0.168. The molecule has 0 saturated carbocycles. The number of esters is 1. The lowest BCUT2D eigenvalue weighted by molar-refractivity contribution is -0.141. The topological polar surface area (TPSA) is 26.3 Å². The van der Waals surface area contributed by atoms with Crippen LogP contribution in [-0.2, 0) is 9.53 Å². The minimum Gasteiger partial charge on any atom is -0.466 e. The van der Waals surface area contributed by atoms with Gasteiger partial charge in [0.2, 0.25) is 0 Å². The summed E-state index contributed by atoms with van der Waals surface area (Å²) in [5, 5.41) is 0. The molecule has 0 aliphatic carbocycles. The Bertz CT molecular complexity index is 179. The Labute approximate surface area is 94.4 Å². The standard InChI is InChI=1S/C13H26O2/c1-11(13(3,4)5)9-7-6-8-10-15-12(2)14/h11H,6-10H2,1-5H3/t11-/m0/s1. The monoisotopic (exact) mass is 214 g/mol. The first kappa shape index (κ1) is 14.5. The van der Waals surface area contributed by atoms with E-state index in [4.69, 9.17) is 4.74 Å². The molecule has 0 bridgehead atoms. The Hall–Kier alpha value is -0.530. The number of unbranched alkanes of at least 4 members (excludes halogenated alkanes) is 2. The Kier molecular flexibility index (Phi) is 6.62. The third-order valence-corrected chi connectivity index (χ3v) is 3.07. The molecule has 0 spiro atoms. The van der Waals surface area contributed by atoms with Gasteiger partial charge in [-0.1, -0.05) is 47.0 Å². The SMILES string of the molecule is CC(=O)OCCCCC[C@H](C)C(C)(C)C. The van der Waals surface area contributed by atoms with E-state index in [1.54, 1.807) is 0 Å². The molecule has 0 fully saturated rings. The van der Waals surface area contributed by atoms with Gasteiger partial charge in [-0.05, 0) is 17.8 Å². The van der Waals surface area contributed by atoms with Gasteiger partial charge in [0, 0.05) is 6.92 Å². The Morgan fingerprint density at radius 1 is 1.20 bits per heavy atom. The van der Waals surface area contributed by atoms with Crippen LogP contribution in [0.4, 0.5) is 0 Å². The van der Waals surface area contributed by atoms with Gasteiger partial charge in [-0.2, -0.15) is 0 Å². The number of carbonyl (C=O) groups excluding carboxylic acids is 1. The summed E-state index contributed by atoms with van der Waals surface area (Å²) in [5.74, 6) is 0.587. The maximum atomic E-state index is 10.5. The van der Waals surface area contributed by atoms with Crippen LogP contribution in [0.5, 0.6) is 0 Å². The smallest absolute Gasteiger partial charge is 0.302 e. The lowest BCUT2D eigenvalue weighted by atomic mass is 9.79. The highest BCUT2D eigenvalue weighted by atomic mass is 16.5. The van der Waals surface area contributed by atoms with Crippen LogP contribution in [0.15, 0.2) is 0 Å². The summed E-state index contributed by atoms with van der Waals surface area (Å²) in [7, 11) is 0. The summed E-state index contributed by atoms with van der Waals surface area (Å²) in [6.07, 6.45) is 4.66. The highest BCUT2D eigenvalue weighted by Gasteiger charge is 2.18. The van der Waals surface area contributed by atoms with Crippen molar-refractivity contribution in [2.24, 2.45) is 11.3 Å². The van der Waals surface area contributed by atoms with Gasteiger partial charge in [0.15, 0.2) is 0 Å². The van der Waals surface area contributed by atoms with Crippen molar-refractivity contribution in [1.82, 2.24) is 0 Å². The van der Waals surface area contributed by atoms with E-state index in [0.29, 0.717) is 12.0 Å². The summed E-state index contributed by atoms with van der Waals surface area (Å²) in [4.78, 5) is 10.5. The van der Waals surface area contributed by atoms with Gasteiger partial charge in [0.05, 0.1) is 6.61 Å². The van der Waals surface area contributed by atoms with Gasteiger partial charge >= 0.3 is 5.97 Å². The molecule has 0 aliphatic rings. The number of ether oxygens (including phenoxy) is 1. The van der Waals surface area contributed by atoms with Gasteiger partial charge in [-0.15, -0.1) is 0 Å². The minimum atomic E-state index is -0.168. The zero-order valence-corrected chi connectivity index (χ0v) is 10.9. The maximum Gasteiger partial charge on any atom is 0.302 e. The molecule has 0 N–H and O–H groups in total. The average Bonchev–Trinajstić information content (AvgIpc) is 2.08. The molecule has 0 rings (SSSR count). The molecule has 0 aromatic rings. The zero-order valence-electron chi connectivity index (χ0n) is 10.9. The van der Waals surface area contributed by atoms with Crippen molar-refractivity contribution in [1.29, 1.82) is 0 Å². The molecule has 2 heteroatoms.